The first-order valence-corrected chi connectivity index (χ1v) is 3.83. The Hall–Kier alpha value is -0.680. The van der Waals surface area contributed by atoms with Gasteiger partial charge < -0.3 is 10.6 Å². The zero-order chi connectivity index (χ0) is 7.14. The first-order valence-electron chi connectivity index (χ1n) is 3.83. The van der Waals surface area contributed by atoms with Crippen LogP contribution in [-0.2, 0) is 0 Å². The van der Waals surface area contributed by atoms with E-state index >= 15 is 0 Å². The Balaban J connectivity index is 2.20. The van der Waals surface area contributed by atoms with Crippen molar-refractivity contribution in [2.24, 2.45) is 5.73 Å². The summed E-state index contributed by atoms with van der Waals surface area (Å²) in [6.45, 7) is 0. The molecule has 10 heavy (non-hydrogen) atoms. The summed E-state index contributed by atoms with van der Waals surface area (Å²) in [7, 11) is 0. The van der Waals surface area contributed by atoms with E-state index in [0.29, 0.717) is 18.1 Å². The van der Waals surface area contributed by atoms with E-state index in [1.807, 2.05) is 0 Å². The van der Waals surface area contributed by atoms with Crippen LogP contribution in [0.25, 0.3) is 0 Å². The number of hydrogen-bond acceptors (Lipinski definition) is 2. The Morgan fingerprint density at radius 1 is 1.50 bits per heavy atom. The van der Waals surface area contributed by atoms with Crippen LogP contribution in [0.15, 0.2) is 0 Å². The fourth-order valence-corrected chi connectivity index (χ4v) is 2.24. The van der Waals surface area contributed by atoms with Crippen molar-refractivity contribution in [3.8, 4) is 12.5 Å². The minimum absolute atomic E-state index is 0.342. The van der Waals surface area contributed by atoms with Gasteiger partial charge in [0, 0.05) is 18.1 Å². The van der Waals surface area contributed by atoms with E-state index in [1.54, 1.807) is 0 Å². The molecule has 54 valence electrons. The smallest absolute Gasteiger partial charge is 0.0527 e. The van der Waals surface area contributed by atoms with Crippen LogP contribution < -0.4 is 5.73 Å². The van der Waals surface area contributed by atoms with Crippen molar-refractivity contribution < 1.29 is 0 Å². The molecule has 2 saturated heterocycles. The Morgan fingerprint density at radius 2 is 2.30 bits per heavy atom. The maximum Gasteiger partial charge on any atom is 0.0527 e. The fraction of sp³-hybridized carbons (Fsp3) is 0.750. The number of nitrogens with two attached hydrogens (primary N) is 1. The summed E-state index contributed by atoms with van der Waals surface area (Å²) in [4.78, 5) is 2.10. The van der Waals surface area contributed by atoms with Crippen molar-refractivity contribution in [2.45, 2.75) is 37.4 Å². The van der Waals surface area contributed by atoms with Crippen LogP contribution >= 0.6 is 0 Å². The molecule has 0 radical (unpaired) electrons. The Kier molecular flexibility index (Phi) is 1.15. The van der Waals surface area contributed by atoms with Gasteiger partial charge in [-0.1, -0.05) is 6.42 Å². The molecule has 2 aliphatic heterocycles. The highest BCUT2D eigenvalue weighted by molar-refractivity contribution is 5.09. The van der Waals surface area contributed by atoms with Crippen LogP contribution in [0, 0.1) is 12.5 Å². The summed E-state index contributed by atoms with van der Waals surface area (Å²) in [5, 5.41) is 0. The highest BCUT2D eigenvalue weighted by Gasteiger charge is 2.43. The number of fused-ring (bicyclic) bond motifs is 2. The summed E-state index contributed by atoms with van der Waals surface area (Å²) in [5.41, 5.74) is 5.85. The van der Waals surface area contributed by atoms with Crippen LogP contribution in [0.5, 0.6) is 0 Å². The van der Waals surface area contributed by atoms with Crippen molar-refractivity contribution in [3.05, 3.63) is 0 Å². The zero-order valence-electron chi connectivity index (χ0n) is 5.96. The van der Waals surface area contributed by atoms with Gasteiger partial charge in [0.15, 0.2) is 0 Å². The van der Waals surface area contributed by atoms with Crippen LogP contribution in [0.1, 0.15) is 19.3 Å². The third kappa shape index (κ3) is 0.587. The van der Waals surface area contributed by atoms with Crippen molar-refractivity contribution in [1.29, 1.82) is 0 Å². The number of hydrogen-bond donors (Lipinski definition) is 1. The summed E-state index contributed by atoms with van der Waals surface area (Å²) in [6.07, 6.45) is 8.90. The maximum atomic E-state index is 5.85. The highest BCUT2D eigenvalue weighted by Crippen LogP contribution is 2.35. The predicted molar refractivity (Wildman–Crippen MR) is 40.1 cm³/mol. The van der Waals surface area contributed by atoms with Gasteiger partial charge in [-0.15, -0.1) is 0 Å². The molecule has 2 bridgehead atoms. The van der Waals surface area contributed by atoms with Gasteiger partial charge in [-0.25, -0.2) is 0 Å². The second kappa shape index (κ2) is 1.90. The van der Waals surface area contributed by atoms with E-state index in [4.69, 9.17) is 12.2 Å². The Labute approximate surface area is 61.4 Å². The highest BCUT2D eigenvalue weighted by atomic mass is 15.2. The average molecular weight is 136 g/mol. The lowest BCUT2D eigenvalue weighted by Gasteiger charge is -2.16. The molecule has 3 atom stereocenters. The van der Waals surface area contributed by atoms with E-state index < -0.39 is 0 Å². The normalized spacial score (nSPS) is 44.0. The molecule has 2 N–H and O–H groups in total. The van der Waals surface area contributed by atoms with E-state index in [0.717, 1.165) is 6.42 Å². The van der Waals surface area contributed by atoms with Gasteiger partial charge in [0.2, 0.25) is 0 Å². The zero-order valence-corrected chi connectivity index (χ0v) is 5.96. The molecule has 0 amide bonds. The molecule has 2 fully saturated rings. The molecular formula is C8H12N2. The molecule has 0 spiro atoms. The van der Waals surface area contributed by atoms with Crippen LogP contribution in [-0.4, -0.2) is 23.0 Å². The van der Waals surface area contributed by atoms with Gasteiger partial charge in [-0.05, 0) is 19.3 Å². The Bertz CT molecular complexity index is 182. The predicted octanol–water partition coefficient (Wildman–Crippen LogP) is 0.141. The minimum atomic E-state index is 0.342. The van der Waals surface area contributed by atoms with Gasteiger partial charge in [0.05, 0.1) is 6.04 Å². The molecule has 2 rings (SSSR count). The van der Waals surface area contributed by atoms with E-state index in [-0.39, 0.29) is 0 Å². The van der Waals surface area contributed by atoms with Crippen molar-refractivity contribution in [1.82, 2.24) is 4.90 Å². The lowest BCUT2D eigenvalue weighted by Crippen LogP contribution is -2.34. The van der Waals surface area contributed by atoms with E-state index in [1.165, 1.54) is 12.8 Å². The minimum Gasteiger partial charge on any atom is -0.326 e. The molecule has 0 aromatic carbocycles. The summed E-state index contributed by atoms with van der Waals surface area (Å²) in [5.74, 6) is 0. The van der Waals surface area contributed by atoms with Gasteiger partial charge >= 0.3 is 0 Å². The van der Waals surface area contributed by atoms with Gasteiger partial charge in [-0.3, -0.25) is 0 Å². The summed E-state index contributed by atoms with van der Waals surface area (Å²) >= 11 is 0. The van der Waals surface area contributed by atoms with Crippen molar-refractivity contribution >= 4 is 0 Å². The molecule has 0 aromatic rings. The molecule has 3 unspecified atom stereocenters. The molecule has 2 nitrogen and oxygen atoms in total. The number of rotatable bonds is 0. The molecule has 2 heterocycles. The summed E-state index contributed by atoms with van der Waals surface area (Å²) in [6, 6.07) is 4.15. The average Bonchev–Trinajstić information content (AvgIpc) is 2.42. The summed E-state index contributed by atoms with van der Waals surface area (Å²) < 4.78 is 0. The first-order chi connectivity index (χ1) is 4.83. The molecule has 0 saturated carbocycles. The maximum absolute atomic E-state index is 5.85. The second-order valence-corrected chi connectivity index (χ2v) is 3.23. The number of terminal acetylenes is 1. The van der Waals surface area contributed by atoms with Crippen LogP contribution in [0.2, 0.25) is 0 Å². The third-order valence-corrected chi connectivity index (χ3v) is 2.73. The monoisotopic (exact) mass is 136 g/mol. The lowest BCUT2D eigenvalue weighted by molar-refractivity contribution is 0.371. The largest absolute Gasteiger partial charge is 0.326 e. The SMILES string of the molecule is C#CN1C2CCC1C(N)C2. The standard InChI is InChI=1S/C8H12N2/c1-2-10-6-3-4-8(10)7(9)5-6/h1,6-8H,3-5,9H2. The second-order valence-electron chi connectivity index (χ2n) is 3.23. The fourth-order valence-electron chi connectivity index (χ4n) is 2.24. The van der Waals surface area contributed by atoms with Crippen LogP contribution in [0.4, 0.5) is 0 Å². The van der Waals surface area contributed by atoms with E-state index in [9.17, 15) is 0 Å². The third-order valence-electron chi connectivity index (χ3n) is 2.73. The van der Waals surface area contributed by atoms with Crippen molar-refractivity contribution in [3.63, 3.8) is 0 Å². The quantitative estimate of drug-likeness (QED) is 0.480. The van der Waals surface area contributed by atoms with Gasteiger partial charge in [0.1, 0.15) is 0 Å². The van der Waals surface area contributed by atoms with E-state index in [2.05, 4.69) is 10.9 Å². The topological polar surface area (TPSA) is 29.3 Å². The molecule has 2 heteroatoms. The first kappa shape index (κ1) is 6.06. The lowest BCUT2D eigenvalue weighted by atomic mass is 9.97. The molecule has 2 aliphatic rings. The molecule has 0 aliphatic carbocycles. The Morgan fingerprint density at radius 3 is 2.60 bits per heavy atom. The van der Waals surface area contributed by atoms with Crippen molar-refractivity contribution in [2.75, 3.05) is 0 Å². The molecular weight excluding hydrogens is 124 g/mol. The van der Waals surface area contributed by atoms with Gasteiger partial charge in [0.25, 0.3) is 0 Å². The van der Waals surface area contributed by atoms with Gasteiger partial charge in [-0.2, -0.15) is 0 Å². The van der Waals surface area contributed by atoms with Crippen LogP contribution in [0.3, 0.4) is 0 Å². The molecule has 0 aromatic heterocycles. The number of nitrogens with zero attached hydrogens (tertiary/aromatic N) is 1.